The number of rotatable bonds is 5. The third-order valence-electron chi connectivity index (χ3n) is 8.04. The largest absolute Gasteiger partial charge is 0.469 e. The minimum Gasteiger partial charge on any atom is -0.469 e. The quantitative estimate of drug-likeness (QED) is 0.461. The number of carbonyl (C=O) groups is 1. The van der Waals surface area contributed by atoms with Gasteiger partial charge in [0.25, 0.3) is 0 Å². The normalized spacial score (nSPS) is 30.5. The number of hydrogen-bond acceptors (Lipinski definition) is 6. The van der Waals surface area contributed by atoms with Crippen LogP contribution in [-0.4, -0.2) is 32.5 Å². The fraction of sp³-hybridized carbons (Fsp3) is 0.345. The Bertz CT molecular complexity index is 1290. The van der Waals surface area contributed by atoms with E-state index < -0.39 is 56.8 Å². The maximum atomic E-state index is 14.2. The lowest BCUT2D eigenvalue weighted by Gasteiger charge is -2.38. The second kappa shape index (κ2) is 8.83. The van der Waals surface area contributed by atoms with Gasteiger partial charge in [-0.1, -0.05) is 78.9 Å². The van der Waals surface area contributed by atoms with E-state index in [9.17, 15) is 13.2 Å². The van der Waals surface area contributed by atoms with E-state index in [0.717, 1.165) is 11.1 Å². The minimum atomic E-state index is -3.91. The molecule has 0 aromatic heterocycles. The number of fused-ring (bicyclic) bond motifs is 3. The number of esters is 1. The second-order valence-corrected chi connectivity index (χ2v) is 11.9. The molecule has 36 heavy (non-hydrogen) atoms. The summed E-state index contributed by atoms with van der Waals surface area (Å²) in [6.07, 6.45) is 0.176. The number of methoxy groups -OCH3 is 1. The van der Waals surface area contributed by atoms with Gasteiger partial charge in [0.15, 0.2) is 15.6 Å². The van der Waals surface area contributed by atoms with Crippen LogP contribution in [-0.2, 0) is 28.8 Å². The predicted molar refractivity (Wildman–Crippen MR) is 132 cm³/mol. The zero-order valence-corrected chi connectivity index (χ0v) is 20.7. The Morgan fingerprint density at radius 2 is 1.31 bits per heavy atom. The van der Waals surface area contributed by atoms with Crippen LogP contribution in [0.15, 0.2) is 95.9 Å². The van der Waals surface area contributed by atoms with Crippen molar-refractivity contribution >= 4 is 15.8 Å². The molecule has 3 aromatic carbocycles. The molecule has 1 heterocycles. The second-order valence-electron chi connectivity index (χ2n) is 9.79. The summed E-state index contributed by atoms with van der Waals surface area (Å²) in [5, 5.41) is -1.03. The molecule has 6 atom stereocenters. The van der Waals surface area contributed by atoms with Crippen LogP contribution in [0.25, 0.3) is 0 Å². The van der Waals surface area contributed by atoms with Crippen molar-refractivity contribution in [2.45, 2.75) is 41.0 Å². The molecule has 186 valence electrons. The van der Waals surface area contributed by atoms with Gasteiger partial charge >= 0.3 is 5.97 Å². The molecular formula is C29H28O6S. The summed E-state index contributed by atoms with van der Waals surface area (Å²) < 4.78 is 47.3. The number of sulfone groups is 1. The summed E-state index contributed by atoms with van der Waals surface area (Å²) >= 11 is 0. The zero-order valence-electron chi connectivity index (χ0n) is 19.9. The van der Waals surface area contributed by atoms with Crippen molar-refractivity contribution in [1.29, 1.82) is 0 Å². The van der Waals surface area contributed by atoms with Gasteiger partial charge in [-0.2, -0.15) is 0 Å². The van der Waals surface area contributed by atoms with Gasteiger partial charge in [-0.25, -0.2) is 8.42 Å². The third kappa shape index (κ3) is 3.44. The third-order valence-corrected chi connectivity index (χ3v) is 10.3. The first kappa shape index (κ1) is 23.4. The first-order valence-electron chi connectivity index (χ1n) is 12.3. The highest BCUT2D eigenvalue weighted by molar-refractivity contribution is 7.92. The molecule has 7 heteroatoms. The van der Waals surface area contributed by atoms with E-state index in [0.29, 0.717) is 12.8 Å². The van der Waals surface area contributed by atoms with Gasteiger partial charge in [0, 0.05) is 5.92 Å². The lowest BCUT2D eigenvalue weighted by molar-refractivity contribution is -0.209. The van der Waals surface area contributed by atoms with Crippen molar-refractivity contribution in [3.05, 3.63) is 102 Å². The van der Waals surface area contributed by atoms with Crippen molar-refractivity contribution in [3.63, 3.8) is 0 Å². The Balaban J connectivity index is 1.52. The van der Waals surface area contributed by atoms with Crippen LogP contribution >= 0.6 is 0 Å². The number of benzene rings is 3. The van der Waals surface area contributed by atoms with Crippen molar-refractivity contribution in [2.75, 3.05) is 7.11 Å². The van der Waals surface area contributed by atoms with Gasteiger partial charge < -0.3 is 14.2 Å². The van der Waals surface area contributed by atoms with Crippen LogP contribution in [0.1, 0.15) is 36.2 Å². The number of ether oxygens (including phenoxy) is 3. The van der Waals surface area contributed by atoms with Gasteiger partial charge in [0.1, 0.15) is 17.5 Å². The molecule has 1 aliphatic heterocycles. The summed E-state index contributed by atoms with van der Waals surface area (Å²) in [6.45, 7) is 0. The maximum absolute atomic E-state index is 14.2. The summed E-state index contributed by atoms with van der Waals surface area (Å²) in [7, 11) is -2.55. The van der Waals surface area contributed by atoms with Gasteiger partial charge in [-0.15, -0.1) is 0 Å². The van der Waals surface area contributed by atoms with Crippen LogP contribution in [0.4, 0.5) is 0 Å². The molecule has 1 saturated heterocycles. The summed E-state index contributed by atoms with van der Waals surface area (Å²) in [5.41, 5.74) is 1.80. The fourth-order valence-corrected chi connectivity index (χ4v) is 8.95. The fourth-order valence-electron chi connectivity index (χ4n) is 6.64. The molecule has 2 saturated carbocycles. The number of hydrogen-bond donors (Lipinski definition) is 0. The Kier molecular flexibility index (Phi) is 5.74. The first-order valence-corrected chi connectivity index (χ1v) is 13.8. The minimum absolute atomic E-state index is 0.206. The molecule has 2 bridgehead atoms. The van der Waals surface area contributed by atoms with Crippen LogP contribution in [0.5, 0.6) is 0 Å². The van der Waals surface area contributed by atoms with Gasteiger partial charge in [-0.3, -0.25) is 4.79 Å². The average molecular weight is 505 g/mol. The maximum Gasteiger partial charge on any atom is 0.309 e. The van der Waals surface area contributed by atoms with E-state index in [4.69, 9.17) is 14.2 Å². The van der Waals surface area contributed by atoms with E-state index in [1.807, 2.05) is 60.7 Å². The van der Waals surface area contributed by atoms with Crippen molar-refractivity contribution in [1.82, 2.24) is 0 Å². The average Bonchev–Trinajstić information content (AvgIpc) is 3.60. The SMILES string of the molecule is COC(=O)C1[C@H]2CC[C@@H]1C1(O[C@H](c3ccccc3)[C@@H](c3ccccc3)O1)C2S(=O)(=O)c1ccccc1. The van der Waals surface area contributed by atoms with Gasteiger partial charge in [-0.05, 0) is 42.0 Å². The zero-order chi connectivity index (χ0) is 24.9. The first-order chi connectivity index (χ1) is 17.5. The monoisotopic (exact) mass is 504 g/mol. The molecule has 2 aliphatic carbocycles. The van der Waals surface area contributed by atoms with E-state index in [1.54, 1.807) is 30.3 Å². The van der Waals surface area contributed by atoms with E-state index in [-0.39, 0.29) is 4.90 Å². The Morgan fingerprint density at radius 3 is 1.81 bits per heavy atom. The van der Waals surface area contributed by atoms with Crippen LogP contribution < -0.4 is 0 Å². The molecule has 2 unspecified atom stereocenters. The summed E-state index contributed by atoms with van der Waals surface area (Å²) in [4.78, 5) is 13.2. The van der Waals surface area contributed by atoms with E-state index in [2.05, 4.69) is 0 Å². The van der Waals surface area contributed by atoms with Crippen LogP contribution in [0.2, 0.25) is 0 Å². The molecular weight excluding hydrogens is 476 g/mol. The molecule has 0 amide bonds. The molecule has 6 nitrogen and oxygen atoms in total. The van der Waals surface area contributed by atoms with Crippen molar-refractivity contribution in [2.24, 2.45) is 17.8 Å². The summed E-state index contributed by atoms with van der Waals surface area (Å²) in [6, 6.07) is 27.9. The smallest absolute Gasteiger partial charge is 0.309 e. The standard InChI is InChI=1S/C29H28O6S/c1-33-28(30)24-22-17-18-23(24)29(27(22)36(31,32)21-15-9-4-10-16-21)34-25(19-11-5-2-6-12-19)26(35-29)20-13-7-3-8-14-20/h2-16,22-27H,17-18H2,1H3/t22-,23+,24?,25-,26-,27?/m1/s1. The molecule has 3 aliphatic rings. The highest BCUT2D eigenvalue weighted by Gasteiger charge is 2.75. The van der Waals surface area contributed by atoms with Crippen molar-refractivity contribution in [3.8, 4) is 0 Å². The Hall–Kier alpha value is -3.00. The van der Waals surface area contributed by atoms with Crippen molar-refractivity contribution < 1.29 is 27.4 Å². The van der Waals surface area contributed by atoms with Gasteiger partial charge in [0.05, 0.1) is 17.9 Å². The molecule has 0 radical (unpaired) electrons. The van der Waals surface area contributed by atoms with Crippen LogP contribution in [0, 0.1) is 17.8 Å². The predicted octanol–water partition coefficient (Wildman–Crippen LogP) is 4.88. The Morgan fingerprint density at radius 1 is 0.806 bits per heavy atom. The highest BCUT2D eigenvalue weighted by atomic mass is 32.2. The molecule has 3 fully saturated rings. The molecule has 6 rings (SSSR count). The topological polar surface area (TPSA) is 78.9 Å². The molecule has 0 N–H and O–H groups in total. The molecule has 1 spiro atoms. The number of carbonyl (C=O) groups excluding carboxylic acids is 1. The highest BCUT2D eigenvalue weighted by Crippen LogP contribution is 2.66. The summed E-state index contributed by atoms with van der Waals surface area (Å²) in [5.74, 6) is -3.38. The van der Waals surface area contributed by atoms with E-state index >= 15 is 0 Å². The van der Waals surface area contributed by atoms with E-state index in [1.165, 1.54) is 7.11 Å². The van der Waals surface area contributed by atoms with Crippen LogP contribution in [0.3, 0.4) is 0 Å². The lowest BCUT2D eigenvalue weighted by Crippen LogP contribution is -2.52. The molecule has 3 aromatic rings. The lowest BCUT2D eigenvalue weighted by atomic mass is 9.92. The van der Waals surface area contributed by atoms with Gasteiger partial charge in [0.2, 0.25) is 0 Å². The Labute approximate surface area is 211 Å².